The highest BCUT2D eigenvalue weighted by atomic mass is 79.9. The third-order valence-corrected chi connectivity index (χ3v) is 8.06. The van der Waals surface area contributed by atoms with Gasteiger partial charge in [-0.3, -0.25) is 14.5 Å². The van der Waals surface area contributed by atoms with E-state index in [1.54, 1.807) is 45.0 Å². The van der Waals surface area contributed by atoms with Crippen LogP contribution in [0.3, 0.4) is 0 Å². The van der Waals surface area contributed by atoms with Crippen LogP contribution >= 0.6 is 27.3 Å². The number of hydrogen-bond donors (Lipinski definition) is 1. The van der Waals surface area contributed by atoms with Crippen LogP contribution in [0.25, 0.3) is 11.4 Å². The summed E-state index contributed by atoms with van der Waals surface area (Å²) in [6.45, 7) is 7.21. The van der Waals surface area contributed by atoms with E-state index in [2.05, 4.69) is 25.9 Å². The molecule has 1 aliphatic rings. The molecule has 9 nitrogen and oxygen atoms in total. The number of amides is 1. The first-order chi connectivity index (χ1) is 18.1. The van der Waals surface area contributed by atoms with Gasteiger partial charge in [0, 0.05) is 10.7 Å². The molecule has 0 aliphatic carbocycles. The predicted molar refractivity (Wildman–Crippen MR) is 146 cm³/mol. The molecule has 0 spiro atoms. The lowest BCUT2D eigenvalue weighted by Gasteiger charge is -2.22. The molecule has 0 bridgehead atoms. The summed E-state index contributed by atoms with van der Waals surface area (Å²) in [4.78, 5) is 50.0. The standard InChI is InChI=1S/C27H23BrN4O5S/c1-5-37-26(36)23-14(3)29-27(38-23)32-20(16-8-10-17(28)11-9-16)18(22(34)25(32)35)21(33)19-15(4)31-12-6-7-13(2)24(31)30-19/h6-12,20,33H,5H2,1-4H3/b21-18+. The SMILES string of the molecule is CCOC(=O)c1sc(N2C(=O)C(=O)/C(=C(/O)c3nc4c(C)cccn4c3C)C2c2ccc(Br)cc2)nc1C. The second kappa shape index (κ2) is 9.80. The Bertz CT molecular complexity index is 1650. The Hall–Kier alpha value is -3.83. The van der Waals surface area contributed by atoms with Gasteiger partial charge < -0.3 is 14.2 Å². The summed E-state index contributed by atoms with van der Waals surface area (Å²) < 4.78 is 7.75. The molecule has 11 heteroatoms. The van der Waals surface area contributed by atoms with Gasteiger partial charge in [-0.1, -0.05) is 45.5 Å². The van der Waals surface area contributed by atoms with Crippen molar-refractivity contribution in [3.05, 3.63) is 85.7 Å². The van der Waals surface area contributed by atoms with Crippen LogP contribution in [-0.4, -0.2) is 43.7 Å². The van der Waals surface area contributed by atoms with E-state index in [4.69, 9.17) is 4.74 Å². The first-order valence-electron chi connectivity index (χ1n) is 11.8. The van der Waals surface area contributed by atoms with Crippen molar-refractivity contribution in [2.45, 2.75) is 33.7 Å². The predicted octanol–water partition coefficient (Wildman–Crippen LogP) is 5.28. The molecular weight excluding hydrogens is 572 g/mol. The molecule has 194 valence electrons. The lowest BCUT2D eigenvalue weighted by Crippen LogP contribution is -2.29. The molecule has 0 saturated carbocycles. The number of fused-ring (bicyclic) bond motifs is 1. The summed E-state index contributed by atoms with van der Waals surface area (Å²) in [5, 5.41) is 11.7. The number of aromatic nitrogens is 3. The number of carbonyl (C=O) groups excluding carboxylic acids is 3. The number of imidazole rings is 1. The van der Waals surface area contributed by atoms with Crippen LogP contribution in [0.5, 0.6) is 0 Å². The summed E-state index contributed by atoms with van der Waals surface area (Å²) in [5.41, 5.74) is 3.22. The van der Waals surface area contributed by atoms with Gasteiger partial charge in [-0.05, 0) is 57.0 Å². The van der Waals surface area contributed by atoms with Crippen LogP contribution in [0.4, 0.5) is 5.13 Å². The van der Waals surface area contributed by atoms with E-state index in [-0.39, 0.29) is 33.6 Å². The molecule has 4 heterocycles. The maximum atomic E-state index is 13.5. The molecule has 1 N–H and O–H groups in total. The smallest absolute Gasteiger partial charge is 0.350 e. The fourth-order valence-electron chi connectivity index (χ4n) is 4.54. The van der Waals surface area contributed by atoms with Crippen molar-refractivity contribution in [1.82, 2.24) is 14.4 Å². The zero-order chi connectivity index (χ0) is 27.3. The number of nitrogens with zero attached hydrogens (tertiary/aromatic N) is 4. The van der Waals surface area contributed by atoms with Gasteiger partial charge >= 0.3 is 11.9 Å². The van der Waals surface area contributed by atoms with E-state index in [0.29, 0.717) is 22.6 Å². The minimum absolute atomic E-state index is 0.105. The number of benzene rings is 1. The van der Waals surface area contributed by atoms with Crippen LogP contribution in [0.2, 0.25) is 0 Å². The van der Waals surface area contributed by atoms with E-state index in [1.165, 1.54) is 4.90 Å². The number of aliphatic hydroxyl groups is 1. The number of esters is 1. The Balaban J connectivity index is 1.73. The third kappa shape index (κ3) is 4.11. The maximum Gasteiger partial charge on any atom is 0.350 e. The van der Waals surface area contributed by atoms with Gasteiger partial charge in [0.15, 0.2) is 10.9 Å². The highest BCUT2D eigenvalue weighted by Crippen LogP contribution is 2.44. The Morgan fingerprint density at radius 2 is 1.84 bits per heavy atom. The van der Waals surface area contributed by atoms with Crippen molar-refractivity contribution in [3.63, 3.8) is 0 Å². The number of aryl methyl sites for hydroxylation is 3. The second-order valence-corrected chi connectivity index (χ2v) is 10.7. The molecule has 1 atom stereocenters. The number of ketones is 1. The van der Waals surface area contributed by atoms with Crippen molar-refractivity contribution >= 4 is 61.5 Å². The Morgan fingerprint density at radius 1 is 1.13 bits per heavy atom. The molecule has 4 aromatic rings. The fraction of sp³-hybridized carbons (Fsp3) is 0.222. The average Bonchev–Trinajstić information content (AvgIpc) is 3.52. The number of thiazole rings is 1. The zero-order valence-corrected chi connectivity index (χ0v) is 23.4. The Kier molecular flexibility index (Phi) is 6.66. The lowest BCUT2D eigenvalue weighted by atomic mass is 9.96. The molecule has 38 heavy (non-hydrogen) atoms. The number of carbonyl (C=O) groups is 3. The van der Waals surface area contributed by atoms with E-state index < -0.39 is 23.7 Å². The summed E-state index contributed by atoms with van der Waals surface area (Å²) in [6.07, 6.45) is 1.82. The molecule has 0 radical (unpaired) electrons. The molecule has 3 aromatic heterocycles. The van der Waals surface area contributed by atoms with E-state index in [0.717, 1.165) is 21.4 Å². The normalized spacial score (nSPS) is 17.0. The maximum absolute atomic E-state index is 13.5. The number of hydrogen-bond acceptors (Lipinski definition) is 8. The number of halogens is 1. The van der Waals surface area contributed by atoms with Gasteiger partial charge in [0.1, 0.15) is 16.2 Å². The highest BCUT2D eigenvalue weighted by Gasteiger charge is 2.49. The number of aliphatic hydroxyl groups excluding tert-OH is 1. The molecule has 1 fully saturated rings. The first kappa shape index (κ1) is 25.8. The summed E-state index contributed by atoms with van der Waals surface area (Å²) >= 11 is 4.38. The van der Waals surface area contributed by atoms with Gasteiger partial charge in [0.2, 0.25) is 0 Å². The van der Waals surface area contributed by atoms with Crippen molar-refractivity contribution in [3.8, 4) is 0 Å². The second-order valence-electron chi connectivity index (χ2n) is 8.78. The molecule has 1 saturated heterocycles. The van der Waals surface area contributed by atoms with Gasteiger partial charge in [-0.25, -0.2) is 14.8 Å². The lowest BCUT2D eigenvalue weighted by molar-refractivity contribution is -0.132. The van der Waals surface area contributed by atoms with Crippen LogP contribution in [0.1, 0.15) is 50.8 Å². The topological polar surface area (TPSA) is 114 Å². The summed E-state index contributed by atoms with van der Waals surface area (Å²) in [5.74, 6) is -2.66. The van der Waals surface area contributed by atoms with E-state index in [1.807, 2.05) is 29.7 Å². The van der Waals surface area contributed by atoms with Crippen molar-refractivity contribution in [1.29, 1.82) is 0 Å². The number of Topliss-reactive ketones (excluding diaryl/α,β-unsaturated/α-hetero) is 1. The fourth-order valence-corrected chi connectivity index (χ4v) is 5.79. The van der Waals surface area contributed by atoms with Gasteiger partial charge in [0.05, 0.1) is 29.6 Å². The largest absolute Gasteiger partial charge is 0.505 e. The van der Waals surface area contributed by atoms with Crippen molar-refractivity contribution < 1.29 is 24.2 Å². The van der Waals surface area contributed by atoms with Crippen LogP contribution in [-0.2, 0) is 14.3 Å². The molecule has 1 aromatic carbocycles. The number of pyridine rings is 1. The average molecular weight is 595 g/mol. The zero-order valence-electron chi connectivity index (χ0n) is 21.0. The van der Waals surface area contributed by atoms with Crippen molar-refractivity contribution in [2.75, 3.05) is 11.5 Å². The molecule has 1 amide bonds. The third-order valence-electron chi connectivity index (χ3n) is 6.39. The summed E-state index contributed by atoms with van der Waals surface area (Å²) in [6, 6.07) is 9.86. The molecule has 1 aliphatic heterocycles. The summed E-state index contributed by atoms with van der Waals surface area (Å²) in [7, 11) is 0. The minimum Gasteiger partial charge on any atom is -0.505 e. The Labute approximate surface area is 230 Å². The van der Waals surface area contributed by atoms with Gasteiger partial charge in [-0.15, -0.1) is 0 Å². The van der Waals surface area contributed by atoms with E-state index in [9.17, 15) is 19.5 Å². The van der Waals surface area contributed by atoms with Crippen LogP contribution < -0.4 is 4.90 Å². The van der Waals surface area contributed by atoms with E-state index >= 15 is 0 Å². The monoisotopic (exact) mass is 594 g/mol. The quantitative estimate of drug-likeness (QED) is 0.145. The number of rotatable bonds is 5. The molecule has 1 unspecified atom stereocenters. The van der Waals surface area contributed by atoms with Crippen molar-refractivity contribution in [2.24, 2.45) is 0 Å². The molecular formula is C27H23BrN4O5S. The highest BCUT2D eigenvalue weighted by molar-refractivity contribution is 9.10. The minimum atomic E-state index is -0.992. The number of ether oxygens (including phenoxy) is 1. The number of anilines is 1. The first-order valence-corrected chi connectivity index (χ1v) is 13.4. The van der Waals surface area contributed by atoms with Crippen LogP contribution in [0, 0.1) is 20.8 Å². The van der Waals surface area contributed by atoms with Gasteiger partial charge in [0.25, 0.3) is 5.78 Å². The Morgan fingerprint density at radius 3 is 2.50 bits per heavy atom. The molecule has 5 rings (SSSR count). The van der Waals surface area contributed by atoms with Gasteiger partial charge in [-0.2, -0.15) is 0 Å². The van der Waals surface area contributed by atoms with Crippen LogP contribution in [0.15, 0.2) is 52.6 Å².